The van der Waals surface area contributed by atoms with Gasteiger partial charge in [-0.3, -0.25) is 10.3 Å². The number of benzene rings is 1. The SMILES string of the molecule is CC\C=C/C(Cl)=C(\C=C(/C)Nc1ncc(C2CCNCC2)cc1OC(C)C)Nc1ccccc1N(O)C(C)C. The maximum Gasteiger partial charge on any atom is 0.172 e. The molecule has 3 rings (SSSR count). The highest BCUT2D eigenvalue weighted by molar-refractivity contribution is 6.32. The van der Waals surface area contributed by atoms with Gasteiger partial charge in [-0.15, -0.1) is 0 Å². The van der Waals surface area contributed by atoms with Gasteiger partial charge in [0.2, 0.25) is 0 Å². The summed E-state index contributed by atoms with van der Waals surface area (Å²) in [6.07, 6.45) is 10.9. The smallest absolute Gasteiger partial charge is 0.172 e. The van der Waals surface area contributed by atoms with Crippen LogP contribution in [0.4, 0.5) is 17.2 Å². The Kier molecular flexibility index (Phi) is 11.7. The van der Waals surface area contributed by atoms with Crippen LogP contribution in [0.2, 0.25) is 0 Å². The zero-order chi connectivity index (χ0) is 28.4. The van der Waals surface area contributed by atoms with Gasteiger partial charge in [0.05, 0.1) is 34.2 Å². The molecule has 0 aliphatic carbocycles. The number of anilines is 3. The number of hydrogen-bond acceptors (Lipinski definition) is 7. The van der Waals surface area contributed by atoms with Crippen LogP contribution in [-0.2, 0) is 0 Å². The quantitative estimate of drug-likeness (QED) is 0.158. The topological polar surface area (TPSA) is 81.7 Å². The molecule has 4 N–H and O–H groups in total. The first kappa shape index (κ1) is 30.5. The van der Waals surface area contributed by atoms with Crippen molar-refractivity contribution in [1.29, 1.82) is 0 Å². The second-order valence-corrected chi connectivity index (χ2v) is 10.8. The Morgan fingerprint density at radius 3 is 2.59 bits per heavy atom. The summed E-state index contributed by atoms with van der Waals surface area (Å²) in [6, 6.07) is 9.64. The van der Waals surface area contributed by atoms with E-state index in [0.717, 1.165) is 49.5 Å². The molecule has 1 saturated heterocycles. The van der Waals surface area contributed by atoms with Gasteiger partial charge >= 0.3 is 0 Å². The largest absolute Gasteiger partial charge is 0.487 e. The number of halogens is 1. The predicted octanol–water partition coefficient (Wildman–Crippen LogP) is 7.78. The van der Waals surface area contributed by atoms with Gasteiger partial charge in [0.1, 0.15) is 0 Å². The molecule has 2 heterocycles. The van der Waals surface area contributed by atoms with E-state index in [1.165, 1.54) is 10.6 Å². The average molecular weight is 554 g/mol. The molecule has 0 bridgehead atoms. The lowest BCUT2D eigenvalue weighted by Gasteiger charge is -2.25. The first-order valence-electron chi connectivity index (χ1n) is 13.9. The minimum Gasteiger partial charge on any atom is -0.487 e. The Morgan fingerprint density at radius 1 is 1.21 bits per heavy atom. The lowest BCUT2D eigenvalue weighted by atomic mass is 9.91. The van der Waals surface area contributed by atoms with Gasteiger partial charge in [-0.1, -0.05) is 36.7 Å². The van der Waals surface area contributed by atoms with Crippen LogP contribution < -0.4 is 25.8 Å². The van der Waals surface area contributed by atoms with Crippen LogP contribution in [0.3, 0.4) is 0 Å². The molecule has 8 heteroatoms. The third-order valence-electron chi connectivity index (χ3n) is 6.39. The second kappa shape index (κ2) is 15.0. The number of allylic oxidation sites excluding steroid dienone is 5. The van der Waals surface area contributed by atoms with Crippen molar-refractivity contribution in [3.05, 3.63) is 76.7 Å². The van der Waals surface area contributed by atoms with Crippen LogP contribution in [0.1, 0.15) is 72.3 Å². The number of hydroxylamine groups is 1. The number of piperidine rings is 1. The number of rotatable bonds is 12. The molecule has 0 unspecified atom stereocenters. The van der Waals surface area contributed by atoms with Crippen molar-refractivity contribution in [1.82, 2.24) is 10.3 Å². The van der Waals surface area contributed by atoms with E-state index in [1.807, 2.05) is 83.3 Å². The van der Waals surface area contributed by atoms with E-state index < -0.39 is 0 Å². The molecule has 1 aromatic heterocycles. The zero-order valence-electron chi connectivity index (χ0n) is 24.1. The van der Waals surface area contributed by atoms with Crippen LogP contribution in [0, 0.1) is 0 Å². The van der Waals surface area contributed by atoms with Crippen LogP contribution in [0.5, 0.6) is 5.75 Å². The molecule has 7 nitrogen and oxygen atoms in total. The molecule has 1 aromatic carbocycles. The first-order chi connectivity index (χ1) is 18.7. The summed E-state index contributed by atoms with van der Waals surface area (Å²) in [7, 11) is 0. The average Bonchev–Trinajstić information content (AvgIpc) is 2.92. The van der Waals surface area contributed by atoms with E-state index in [1.54, 1.807) is 0 Å². The van der Waals surface area contributed by atoms with Crippen LogP contribution >= 0.6 is 11.6 Å². The molecule has 1 fully saturated rings. The van der Waals surface area contributed by atoms with Crippen LogP contribution in [0.15, 0.2) is 71.2 Å². The Hall–Kier alpha value is -3.00. The molecule has 1 aliphatic heterocycles. The van der Waals surface area contributed by atoms with Gasteiger partial charge in [-0.25, -0.2) is 4.98 Å². The highest BCUT2D eigenvalue weighted by Gasteiger charge is 2.19. The van der Waals surface area contributed by atoms with Crippen molar-refractivity contribution in [2.45, 2.75) is 78.9 Å². The fourth-order valence-electron chi connectivity index (χ4n) is 4.39. The van der Waals surface area contributed by atoms with Gasteiger partial charge in [-0.2, -0.15) is 0 Å². The fourth-order valence-corrected chi connectivity index (χ4v) is 4.58. The van der Waals surface area contributed by atoms with Crippen molar-refractivity contribution in [3.8, 4) is 5.75 Å². The monoisotopic (exact) mass is 553 g/mol. The van der Waals surface area contributed by atoms with Crippen molar-refractivity contribution >= 4 is 28.8 Å². The molecule has 1 aliphatic rings. The van der Waals surface area contributed by atoms with E-state index >= 15 is 0 Å². The van der Waals surface area contributed by atoms with E-state index in [0.29, 0.717) is 28.2 Å². The first-order valence-corrected chi connectivity index (χ1v) is 14.3. The van der Waals surface area contributed by atoms with Crippen LogP contribution in [-0.4, -0.2) is 35.4 Å². The lowest BCUT2D eigenvalue weighted by molar-refractivity contribution is 0.229. The summed E-state index contributed by atoms with van der Waals surface area (Å²) in [5, 5.41) is 22.7. The molecule has 39 heavy (non-hydrogen) atoms. The van der Waals surface area contributed by atoms with Crippen molar-refractivity contribution in [3.63, 3.8) is 0 Å². The maximum absolute atomic E-state index is 10.6. The summed E-state index contributed by atoms with van der Waals surface area (Å²) in [4.78, 5) is 4.77. The normalized spacial score (nSPS) is 15.6. The second-order valence-electron chi connectivity index (χ2n) is 10.4. The molecule has 0 saturated carbocycles. The zero-order valence-corrected chi connectivity index (χ0v) is 24.8. The summed E-state index contributed by atoms with van der Waals surface area (Å²) in [5.41, 5.74) is 4.14. The van der Waals surface area contributed by atoms with Gasteiger partial charge in [0.25, 0.3) is 0 Å². The third-order valence-corrected chi connectivity index (χ3v) is 6.72. The van der Waals surface area contributed by atoms with E-state index in [2.05, 4.69) is 28.9 Å². The standard InChI is InChI=1S/C31H44ClN5O2/c1-7-8-11-26(32)28(36-27-12-9-10-13-29(27)37(38)21(2)3)18-23(6)35-31-30(39-22(4)5)19-25(20-34-31)24-14-16-33-17-15-24/h8-13,18-22,24,33,36,38H,7,14-17H2,1-6H3,(H,34,35)/b11-8-,23-18+,28-26-. The van der Waals surface area contributed by atoms with Gasteiger partial charge in [-0.05, 0) is 109 Å². The number of aromatic nitrogens is 1. The van der Waals surface area contributed by atoms with Gasteiger partial charge in [0.15, 0.2) is 11.6 Å². The Labute approximate surface area is 239 Å². The number of pyridine rings is 1. The number of ether oxygens (including phenoxy) is 1. The number of hydrogen-bond donors (Lipinski definition) is 4. The predicted molar refractivity (Wildman–Crippen MR) is 164 cm³/mol. The van der Waals surface area contributed by atoms with E-state index in [-0.39, 0.29) is 12.1 Å². The highest BCUT2D eigenvalue weighted by atomic mass is 35.5. The lowest BCUT2D eigenvalue weighted by Crippen LogP contribution is -2.27. The summed E-state index contributed by atoms with van der Waals surface area (Å²) in [5.74, 6) is 1.89. The van der Waals surface area contributed by atoms with Gasteiger partial charge < -0.3 is 20.7 Å². The molecular formula is C31H44ClN5O2. The minimum atomic E-state index is -0.0897. The maximum atomic E-state index is 10.6. The van der Waals surface area contributed by atoms with E-state index in [9.17, 15) is 5.21 Å². The summed E-state index contributed by atoms with van der Waals surface area (Å²) in [6.45, 7) is 14.0. The molecular weight excluding hydrogens is 510 g/mol. The minimum absolute atomic E-state index is 0.0181. The third kappa shape index (κ3) is 9.02. The number of nitrogens with one attached hydrogen (secondary N) is 3. The molecule has 0 radical (unpaired) electrons. The Morgan fingerprint density at radius 2 is 1.92 bits per heavy atom. The fraction of sp³-hybridized carbons (Fsp3) is 0.452. The molecule has 0 amide bonds. The van der Waals surface area contributed by atoms with Crippen molar-refractivity contribution in [2.75, 3.05) is 28.8 Å². The van der Waals surface area contributed by atoms with E-state index in [4.69, 9.17) is 21.3 Å². The summed E-state index contributed by atoms with van der Waals surface area (Å²) < 4.78 is 6.18. The number of nitrogens with zero attached hydrogens (tertiary/aromatic N) is 2. The highest BCUT2D eigenvalue weighted by Crippen LogP contribution is 2.33. The van der Waals surface area contributed by atoms with Crippen molar-refractivity contribution in [2.24, 2.45) is 0 Å². The number of para-hydroxylation sites is 2. The summed E-state index contributed by atoms with van der Waals surface area (Å²) >= 11 is 6.76. The molecule has 0 atom stereocenters. The molecule has 2 aromatic rings. The van der Waals surface area contributed by atoms with Crippen molar-refractivity contribution < 1.29 is 9.94 Å². The Bertz CT molecular complexity index is 1170. The Balaban J connectivity index is 1.93. The molecule has 0 spiro atoms. The van der Waals surface area contributed by atoms with Gasteiger partial charge in [0, 0.05) is 11.9 Å². The molecule has 212 valence electrons. The van der Waals surface area contributed by atoms with Crippen LogP contribution in [0.25, 0.3) is 0 Å².